The van der Waals surface area contributed by atoms with Crippen LogP contribution in [0.4, 0.5) is 0 Å². The van der Waals surface area contributed by atoms with Gasteiger partial charge < -0.3 is 19.3 Å². The highest BCUT2D eigenvalue weighted by Crippen LogP contribution is 2.45. The Kier molecular flexibility index (Phi) is 4.43. The summed E-state index contributed by atoms with van der Waals surface area (Å²) in [6, 6.07) is 0. The van der Waals surface area contributed by atoms with Crippen LogP contribution in [-0.2, 0) is 23.8 Å². The van der Waals surface area contributed by atoms with Crippen LogP contribution < -0.4 is 0 Å². The van der Waals surface area contributed by atoms with Gasteiger partial charge in [0.2, 0.25) is 0 Å². The maximum atomic E-state index is 12.2. The van der Waals surface area contributed by atoms with Gasteiger partial charge in [-0.3, -0.25) is 4.79 Å². The predicted molar refractivity (Wildman–Crippen MR) is 89.2 cm³/mol. The summed E-state index contributed by atoms with van der Waals surface area (Å²) in [5, 5.41) is 11.1. The van der Waals surface area contributed by atoms with Crippen molar-refractivity contribution in [1.82, 2.24) is 0 Å². The normalized spacial score (nSPS) is 40.4. The van der Waals surface area contributed by atoms with E-state index in [0.717, 1.165) is 5.76 Å². The standard InChI is InChI=1S/C19H26O6/c1-9(2)17(21)24-15-14-11(4)18(22)23-13(14)8-10(3)12-6-7-19(5,25-12)16(15)20/h6,9-10,13-16,20H,4,7-8H2,1-3,5H3/t10-,13-,14+,15+,16-,19+/m1/s1. The second kappa shape index (κ2) is 6.16. The number of fused-ring (bicyclic) bond motifs is 3. The Morgan fingerprint density at radius 2 is 2.16 bits per heavy atom. The van der Waals surface area contributed by atoms with E-state index in [1.54, 1.807) is 20.8 Å². The first-order valence-corrected chi connectivity index (χ1v) is 8.81. The molecule has 0 aliphatic carbocycles. The van der Waals surface area contributed by atoms with E-state index in [1.807, 2.05) is 13.0 Å². The Morgan fingerprint density at radius 3 is 2.80 bits per heavy atom. The molecule has 3 heterocycles. The number of allylic oxidation sites excluding steroid dienone is 1. The van der Waals surface area contributed by atoms with Gasteiger partial charge in [0, 0.05) is 17.9 Å². The van der Waals surface area contributed by atoms with Gasteiger partial charge in [-0.2, -0.15) is 0 Å². The predicted octanol–water partition coefficient (Wildman–Crippen LogP) is 2.12. The van der Waals surface area contributed by atoms with E-state index in [2.05, 4.69) is 6.58 Å². The SMILES string of the molecule is C=C1C(=O)O[C@@H]2C[C@@H](C)C3=CC[C@](C)(O3)[C@H](O)[C@@H](OC(=O)C(C)C)[C@@H]12. The van der Waals surface area contributed by atoms with E-state index in [4.69, 9.17) is 14.2 Å². The average Bonchev–Trinajstić information content (AvgIpc) is 3.07. The lowest BCUT2D eigenvalue weighted by atomic mass is 9.79. The highest BCUT2D eigenvalue weighted by molar-refractivity contribution is 5.91. The molecular weight excluding hydrogens is 324 g/mol. The van der Waals surface area contributed by atoms with Gasteiger partial charge in [0.15, 0.2) is 0 Å². The smallest absolute Gasteiger partial charge is 0.334 e. The minimum atomic E-state index is -1.10. The molecule has 3 aliphatic rings. The van der Waals surface area contributed by atoms with Crippen molar-refractivity contribution in [2.45, 2.75) is 64.4 Å². The molecule has 0 spiro atoms. The van der Waals surface area contributed by atoms with Crippen LogP contribution in [0.25, 0.3) is 0 Å². The molecule has 6 heteroatoms. The summed E-state index contributed by atoms with van der Waals surface area (Å²) in [6.45, 7) is 11.1. The Labute approximate surface area is 147 Å². The monoisotopic (exact) mass is 350 g/mol. The van der Waals surface area contributed by atoms with E-state index in [1.165, 1.54) is 0 Å². The number of carbonyl (C=O) groups is 2. The Balaban J connectivity index is 2.02. The fourth-order valence-corrected chi connectivity index (χ4v) is 3.81. The van der Waals surface area contributed by atoms with Gasteiger partial charge in [-0.05, 0) is 19.4 Å². The molecule has 0 aromatic heterocycles. The number of aliphatic hydroxyl groups is 1. The third-order valence-electron chi connectivity index (χ3n) is 5.47. The molecule has 2 saturated heterocycles. The summed E-state index contributed by atoms with van der Waals surface area (Å²) >= 11 is 0. The molecule has 3 rings (SSSR count). The lowest BCUT2D eigenvalue weighted by Gasteiger charge is -2.37. The van der Waals surface area contributed by atoms with E-state index < -0.39 is 41.8 Å². The second-order valence-corrected chi connectivity index (χ2v) is 7.86. The Morgan fingerprint density at radius 1 is 1.48 bits per heavy atom. The van der Waals surface area contributed by atoms with Gasteiger partial charge in [-0.1, -0.05) is 27.4 Å². The van der Waals surface area contributed by atoms with Gasteiger partial charge in [-0.15, -0.1) is 0 Å². The summed E-state index contributed by atoms with van der Waals surface area (Å²) in [4.78, 5) is 24.3. The minimum absolute atomic E-state index is 0.0276. The molecule has 3 aliphatic heterocycles. The molecule has 0 radical (unpaired) electrons. The van der Waals surface area contributed by atoms with Crippen LogP contribution in [0.15, 0.2) is 24.0 Å². The Bertz CT molecular complexity index is 636. The largest absolute Gasteiger partial charge is 0.489 e. The first kappa shape index (κ1) is 18.0. The molecule has 1 N–H and O–H groups in total. The molecule has 0 amide bonds. The van der Waals surface area contributed by atoms with Crippen molar-refractivity contribution < 1.29 is 28.9 Å². The summed E-state index contributed by atoms with van der Waals surface area (Å²) < 4.78 is 17.2. The van der Waals surface area contributed by atoms with Crippen LogP contribution in [0.5, 0.6) is 0 Å². The quantitative estimate of drug-likeness (QED) is 0.607. The van der Waals surface area contributed by atoms with Gasteiger partial charge >= 0.3 is 11.9 Å². The lowest BCUT2D eigenvalue weighted by molar-refractivity contribution is -0.179. The first-order valence-electron chi connectivity index (χ1n) is 8.81. The molecule has 0 saturated carbocycles. The molecule has 0 aromatic carbocycles. The fourth-order valence-electron chi connectivity index (χ4n) is 3.81. The number of rotatable bonds is 2. The minimum Gasteiger partial charge on any atom is -0.489 e. The molecule has 0 aromatic rings. The van der Waals surface area contributed by atoms with Crippen LogP contribution in [0, 0.1) is 17.8 Å². The van der Waals surface area contributed by atoms with Crippen LogP contribution in [0.1, 0.15) is 40.5 Å². The van der Waals surface area contributed by atoms with Crippen molar-refractivity contribution in [2.24, 2.45) is 17.8 Å². The molecule has 6 nitrogen and oxygen atoms in total. The van der Waals surface area contributed by atoms with Crippen molar-refractivity contribution in [2.75, 3.05) is 0 Å². The summed E-state index contributed by atoms with van der Waals surface area (Å²) in [7, 11) is 0. The van der Waals surface area contributed by atoms with Gasteiger partial charge in [-0.25, -0.2) is 4.79 Å². The molecular formula is C19H26O6. The lowest BCUT2D eigenvalue weighted by Crippen LogP contribution is -2.52. The Hall–Kier alpha value is -1.82. The molecule has 25 heavy (non-hydrogen) atoms. The number of ether oxygens (including phenoxy) is 3. The zero-order valence-electron chi connectivity index (χ0n) is 15.2. The van der Waals surface area contributed by atoms with E-state index in [-0.39, 0.29) is 17.4 Å². The third-order valence-corrected chi connectivity index (χ3v) is 5.47. The number of hydrogen-bond donors (Lipinski definition) is 1. The van der Waals surface area contributed by atoms with Crippen molar-refractivity contribution >= 4 is 11.9 Å². The van der Waals surface area contributed by atoms with Gasteiger partial charge in [0.25, 0.3) is 0 Å². The van der Waals surface area contributed by atoms with Crippen LogP contribution in [-0.4, -0.2) is 41.0 Å². The molecule has 138 valence electrons. The van der Waals surface area contributed by atoms with Gasteiger partial charge in [0.05, 0.1) is 17.6 Å². The number of hydrogen-bond acceptors (Lipinski definition) is 6. The average molecular weight is 350 g/mol. The van der Waals surface area contributed by atoms with Crippen LogP contribution in [0.2, 0.25) is 0 Å². The maximum absolute atomic E-state index is 12.2. The molecule has 2 fully saturated rings. The molecule has 0 unspecified atom stereocenters. The summed E-state index contributed by atoms with van der Waals surface area (Å²) in [6.07, 6.45) is 0.459. The summed E-state index contributed by atoms with van der Waals surface area (Å²) in [5.74, 6) is -1.04. The molecule has 6 atom stereocenters. The maximum Gasteiger partial charge on any atom is 0.334 e. The highest BCUT2D eigenvalue weighted by Gasteiger charge is 2.55. The van der Waals surface area contributed by atoms with Crippen molar-refractivity contribution in [3.05, 3.63) is 24.0 Å². The van der Waals surface area contributed by atoms with E-state index in [0.29, 0.717) is 12.8 Å². The highest BCUT2D eigenvalue weighted by atomic mass is 16.6. The number of esters is 2. The van der Waals surface area contributed by atoms with Crippen LogP contribution in [0.3, 0.4) is 0 Å². The number of aliphatic hydroxyl groups excluding tert-OH is 1. The van der Waals surface area contributed by atoms with Gasteiger partial charge in [0.1, 0.15) is 23.9 Å². The third kappa shape index (κ3) is 2.97. The van der Waals surface area contributed by atoms with Crippen molar-refractivity contribution in [1.29, 1.82) is 0 Å². The topological polar surface area (TPSA) is 82.1 Å². The van der Waals surface area contributed by atoms with Crippen molar-refractivity contribution in [3.63, 3.8) is 0 Å². The summed E-state index contributed by atoms with van der Waals surface area (Å²) in [5.41, 5.74) is -0.667. The van der Waals surface area contributed by atoms with E-state index >= 15 is 0 Å². The second-order valence-electron chi connectivity index (χ2n) is 7.86. The zero-order chi connectivity index (χ0) is 18.5. The zero-order valence-corrected chi connectivity index (χ0v) is 15.2. The number of carbonyl (C=O) groups excluding carboxylic acids is 2. The molecule has 2 bridgehead atoms. The fraction of sp³-hybridized carbons (Fsp3) is 0.684. The first-order chi connectivity index (χ1) is 11.6. The van der Waals surface area contributed by atoms with Crippen molar-refractivity contribution in [3.8, 4) is 0 Å². The van der Waals surface area contributed by atoms with E-state index in [9.17, 15) is 14.7 Å². The van der Waals surface area contributed by atoms with Crippen LogP contribution >= 0.6 is 0 Å².